The van der Waals surface area contributed by atoms with Crippen LogP contribution in [0.4, 0.5) is 5.69 Å². The van der Waals surface area contributed by atoms with Crippen molar-refractivity contribution in [1.29, 1.82) is 0 Å². The Kier molecular flexibility index (Phi) is 5.74. The summed E-state index contributed by atoms with van der Waals surface area (Å²) in [6, 6.07) is 8.97. The third-order valence-corrected chi connectivity index (χ3v) is 5.34. The van der Waals surface area contributed by atoms with Crippen molar-refractivity contribution < 1.29 is 9.53 Å². The number of piperidine rings is 1. The van der Waals surface area contributed by atoms with Crippen LogP contribution in [0.1, 0.15) is 48.9 Å². The molecule has 3 atom stereocenters. The summed E-state index contributed by atoms with van der Waals surface area (Å²) in [4.78, 5) is 13.9. The molecule has 0 spiro atoms. The van der Waals surface area contributed by atoms with Crippen LogP contribution in [0.15, 0.2) is 24.3 Å². The molecule has 1 aromatic rings. The first-order valence-electron chi connectivity index (χ1n) is 9.12. The van der Waals surface area contributed by atoms with E-state index >= 15 is 0 Å². The lowest BCUT2D eigenvalue weighted by Crippen LogP contribution is -2.55. The Labute approximate surface area is 144 Å². The third-order valence-electron chi connectivity index (χ3n) is 5.34. The van der Waals surface area contributed by atoms with E-state index in [1.54, 1.807) is 0 Å². The number of esters is 1. The van der Waals surface area contributed by atoms with Crippen molar-refractivity contribution in [2.45, 2.75) is 56.7 Å². The monoisotopic (exact) mass is 331 g/mol. The van der Waals surface area contributed by atoms with Crippen LogP contribution in [0.5, 0.6) is 0 Å². The van der Waals surface area contributed by atoms with Crippen LogP contribution in [-0.4, -0.2) is 44.3 Å². The summed E-state index contributed by atoms with van der Waals surface area (Å²) in [5.74, 6) is -0.286. The van der Waals surface area contributed by atoms with Gasteiger partial charge in [-0.25, -0.2) is 4.79 Å². The van der Waals surface area contributed by atoms with E-state index in [2.05, 4.69) is 10.2 Å². The number of anilines is 1. The maximum absolute atomic E-state index is 11.5. The largest absolute Gasteiger partial charge is 0.465 e. The van der Waals surface area contributed by atoms with Gasteiger partial charge in [0.2, 0.25) is 0 Å². The highest BCUT2D eigenvalue weighted by atomic mass is 16.5. The van der Waals surface area contributed by atoms with Gasteiger partial charge >= 0.3 is 5.97 Å². The van der Waals surface area contributed by atoms with Crippen LogP contribution in [0.25, 0.3) is 0 Å². The molecule has 3 N–H and O–H groups in total. The van der Waals surface area contributed by atoms with Gasteiger partial charge in [-0.15, -0.1) is 0 Å². The van der Waals surface area contributed by atoms with Gasteiger partial charge in [0.05, 0.1) is 12.7 Å². The summed E-state index contributed by atoms with van der Waals surface area (Å²) in [5, 5.41) is 3.81. The van der Waals surface area contributed by atoms with E-state index in [0.29, 0.717) is 23.7 Å². The minimum atomic E-state index is -0.286. The van der Waals surface area contributed by atoms with E-state index in [4.69, 9.17) is 10.5 Å². The lowest BCUT2D eigenvalue weighted by molar-refractivity contribution is 0.0601. The minimum absolute atomic E-state index is 0.286. The van der Waals surface area contributed by atoms with Crippen LogP contribution in [-0.2, 0) is 4.74 Å². The molecule has 1 aromatic carbocycles. The second-order valence-electron chi connectivity index (χ2n) is 7.05. The first kappa shape index (κ1) is 17.2. The Hall–Kier alpha value is -1.59. The Bertz CT molecular complexity index is 546. The molecule has 2 fully saturated rings. The number of hydrogen-bond donors (Lipinski definition) is 2. The number of benzene rings is 1. The van der Waals surface area contributed by atoms with Gasteiger partial charge in [-0.3, -0.25) is 0 Å². The van der Waals surface area contributed by atoms with E-state index in [1.807, 2.05) is 24.3 Å². The number of ether oxygens (including phenoxy) is 1. The Morgan fingerprint density at radius 1 is 1.17 bits per heavy atom. The molecule has 5 nitrogen and oxygen atoms in total. The summed E-state index contributed by atoms with van der Waals surface area (Å²) < 4.78 is 4.76. The van der Waals surface area contributed by atoms with Crippen molar-refractivity contribution in [3.63, 3.8) is 0 Å². The number of methoxy groups -OCH3 is 1. The third kappa shape index (κ3) is 4.08. The Balaban J connectivity index is 1.59. The van der Waals surface area contributed by atoms with Crippen LogP contribution in [0.3, 0.4) is 0 Å². The molecule has 0 radical (unpaired) electrons. The van der Waals surface area contributed by atoms with Crippen molar-refractivity contribution >= 4 is 11.7 Å². The lowest BCUT2D eigenvalue weighted by atomic mass is 9.89. The number of hydrogen-bond acceptors (Lipinski definition) is 5. The van der Waals surface area contributed by atoms with E-state index in [9.17, 15) is 4.79 Å². The molecule has 24 heavy (non-hydrogen) atoms. The van der Waals surface area contributed by atoms with E-state index < -0.39 is 0 Å². The minimum Gasteiger partial charge on any atom is -0.465 e. The molecule has 1 aliphatic heterocycles. The van der Waals surface area contributed by atoms with E-state index in [-0.39, 0.29) is 5.97 Å². The summed E-state index contributed by atoms with van der Waals surface area (Å²) in [5.41, 5.74) is 8.05. The predicted octanol–water partition coefficient (Wildman–Crippen LogP) is 2.30. The number of nitrogens with zero attached hydrogens (tertiary/aromatic N) is 1. The zero-order valence-electron chi connectivity index (χ0n) is 14.5. The van der Waals surface area contributed by atoms with Gasteiger partial charge in [-0.05, 0) is 49.9 Å². The molecule has 1 saturated carbocycles. The van der Waals surface area contributed by atoms with Gasteiger partial charge in [0.25, 0.3) is 0 Å². The zero-order valence-corrected chi connectivity index (χ0v) is 14.5. The molecule has 132 valence electrons. The van der Waals surface area contributed by atoms with Gasteiger partial charge in [0.15, 0.2) is 0 Å². The fraction of sp³-hybridized carbons (Fsp3) is 0.632. The van der Waals surface area contributed by atoms with Gasteiger partial charge < -0.3 is 20.7 Å². The molecule has 1 saturated heterocycles. The number of carbonyl (C=O) groups is 1. The standard InChI is InChI=1S/C19H29N3O2/c1-24-19(23)14-8-10-16(11-9-14)22-12-4-5-15(13-22)21-18-7-3-2-6-17(18)20/h8-11,15,17-18,21H,2-7,12-13,20H2,1H3. The fourth-order valence-electron chi connectivity index (χ4n) is 3.94. The normalized spacial score (nSPS) is 27.8. The number of nitrogens with two attached hydrogens (primary N) is 1. The smallest absolute Gasteiger partial charge is 0.337 e. The first-order valence-corrected chi connectivity index (χ1v) is 9.12. The highest BCUT2D eigenvalue weighted by Crippen LogP contribution is 2.23. The Morgan fingerprint density at radius 2 is 1.92 bits per heavy atom. The van der Waals surface area contributed by atoms with Crippen molar-refractivity contribution in [3.05, 3.63) is 29.8 Å². The van der Waals surface area contributed by atoms with E-state index in [1.165, 1.54) is 44.9 Å². The molecule has 2 aliphatic rings. The number of rotatable bonds is 4. The van der Waals surface area contributed by atoms with Crippen molar-refractivity contribution in [2.75, 3.05) is 25.1 Å². The first-order chi connectivity index (χ1) is 11.7. The molecular weight excluding hydrogens is 302 g/mol. The molecule has 0 aromatic heterocycles. The average Bonchev–Trinajstić information content (AvgIpc) is 2.63. The maximum Gasteiger partial charge on any atom is 0.337 e. The summed E-state index contributed by atoms with van der Waals surface area (Å²) in [7, 11) is 1.41. The lowest BCUT2D eigenvalue weighted by Gasteiger charge is -2.39. The Morgan fingerprint density at radius 3 is 2.62 bits per heavy atom. The molecule has 1 aliphatic carbocycles. The molecule has 0 bridgehead atoms. The molecule has 5 heteroatoms. The molecule has 0 amide bonds. The summed E-state index contributed by atoms with van der Waals surface area (Å²) >= 11 is 0. The van der Waals surface area contributed by atoms with Gasteiger partial charge in [0, 0.05) is 36.9 Å². The summed E-state index contributed by atoms with van der Waals surface area (Å²) in [6.45, 7) is 2.06. The maximum atomic E-state index is 11.5. The van der Waals surface area contributed by atoms with Crippen molar-refractivity contribution in [2.24, 2.45) is 5.73 Å². The molecule has 3 rings (SSSR count). The highest BCUT2D eigenvalue weighted by molar-refractivity contribution is 5.89. The second-order valence-corrected chi connectivity index (χ2v) is 7.05. The van der Waals surface area contributed by atoms with Crippen molar-refractivity contribution in [3.8, 4) is 0 Å². The van der Waals surface area contributed by atoms with Crippen LogP contribution >= 0.6 is 0 Å². The van der Waals surface area contributed by atoms with Gasteiger partial charge in [0.1, 0.15) is 0 Å². The molecule has 3 unspecified atom stereocenters. The van der Waals surface area contributed by atoms with Crippen LogP contribution in [0.2, 0.25) is 0 Å². The zero-order chi connectivity index (χ0) is 16.9. The molecular formula is C19H29N3O2. The predicted molar refractivity (Wildman–Crippen MR) is 96.4 cm³/mol. The fourth-order valence-corrected chi connectivity index (χ4v) is 3.94. The van der Waals surface area contributed by atoms with Crippen LogP contribution < -0.4 is 16.0 Å². The second kappa shape index (κ2) is 7.99. The van der Waals surface area contributed by atoms with Gasteiger partial charge in [-0.2, -0.15) is 0 Å². The highest BCUT2D eigenvalue weighted by Gasteiger charge is 2.27. The number of nitrogens with one attached hydrogen (secondary N) is 1. The van der Waals surface area contributed by atoms with Crippen molar-refractivity contribution in [1.82, 2.24) is 5.32 Å². The molecule has 1 heterocycles. The van der Waals surface area contributed by atoms with Gasteiger partial charge in [-0.1, -0.05) is 12.8 Å². The average molecular weight is 331 g/mol. The van der Waals surface area contributed by atoms with E-state index in [0.717, 1.165) is 19.5 Å². The number of carbonyl (C=O) groups excluding carboxylic acids is 1. The SMILES string of the molecule is COC(=O)c1ccc(N2CCCC(NC3CCCCC3N)C2)cc1. The van der Waals surface area contributed by atoms with Crippen LogP contribution in [0, 0.1) is 0 Å². The topological polar surface area (TPSA) is 67.6 Å². The summed E-state index contributed by atoms with van der Waals surface area (Å²) in [6.07, 6.45) is 7.28. The quantitative estimate of drug-likeness (QED) is 0.829.